The molecule has 0 aliphatic carbocycles. The Balaban J connectivity index is 1.36. The smallest absolute Gasteiger partial charge is 0.224 e. The molecule has 0 atom stereocenters. The molecule has 0 spiro atoms. The summed E-state index contributed by atoms with van der Waals surface area (Å²) in [5, 5.41) is 1.46. The van der Waals surface area contributed by atoms with Crippen LogP contribution in [-0.4, -0.2) is 41.0 Å². The summed E-state index contributed by atoms with van der Waals surface area (Å²) in [6.07, 6.45) is 1.54. The van der Waals surface area contributed by atoms with E-state index in [-0.39, 0.29) is 0 Å². The molecule has 5 nitrogen and oxygen atoms in total. The summed E-state index contributed by atoms with van der Waals surface area (Å²) in [4.78, 5) is 13.3. The van der Waals surface area contributed by atoms with Crippen molar-refractivity contribution in [3.8, 4) is 11.6 Å². The maximum atomic E-state index is 6.09. The van der Waals surface area contributed by atoms with E-state index in [2.05, 4.69) is 25.8 Å². The molecule has 1 aromatic heterocycles. The van der Waals surface area contributed by atoms with Crippen LogP contribution in [0, 0.1) is 0 Å². The summed E-state index contributed by atoms with van der Waals surface area (Å²) in [5.74, 6) is 2.09. The predicted octanol–water partition coefficient (Wildman–Crippen LogP) is 4.90. The van der Waals surface area contributed by atoms with Crippen LogP contribution in [0.1, 0.15) is 5.56 Å². The highest BCUT2D eigenvalue weighted by Gasteiger charge is 2.19. The highest BCUT2D eigenvalue weighted by molar-refractivity contribution is 6.30. The van der Waals surface area contributed by atoms with Crippen LogP contribution in [0.2, 0.25) is 10.0 Å². The number of rotatable bonds is 5. The van der Waals surface area contributed by atoms with E-state index >= 15 is 0 Å². The van der Waals surface area contributed by atoms with Gasteiger partial charge in [-0.2, -0.15) is 0 Å². The van der Waals surface area contributed by atoms with Crippen LogP contribution < -0.4 is 9.64 Å². The second-order valence-electron chi connectivity index (χ2n) is 6.66. The van der Waals surface area contributed by atoms with Gasteiger partial charge in [0.15, 0.2) is 0 Å². The fourth-order valence-electron chi connectivity index (χ4n) is 3.21. The first-order chi connectivity index (χ1) is 13.7. The van der Waals surface area contributed by atoms with E-state index in [4.69, 9.17) is 27.9 Å². The van der Waals surface area contributed by atoms with Gasteiger partial charge in [0.05, 0.1) is 0 Å². The quantitative estimate of drug-likeness (QED) is 0.593. The first kappa shape index (κ1) is 19.0. The van der Waals surface area contributed by atoms with Crippen molar-refractivity contribution in [1.82, 2.24) is 14.9 Å². The number of halogens is 2. The van der Waals surface area contributed by atoms with Gasteiger partial charge in [-0.25, -0.2) is 9.97 Å². The molecule has 1 aliphatic heterocycles. The molecular weight excluding hydrogens is 395 g/mol. The third-order valence-corrected chi connectivity index (χ3v) is 5.14. The second-order valence-corrected chi connectivity index (χ2v) is 7.54. The minimum atomic E-state index is 0.522. The average molecular weight is 415 g/mol. The summed E-state index contributed by atoms with van der Waals surface area (Å²) < 4.78 is 5.82. The molecule has 3 aromatic rings. The van der Waals surface area contributed by atoms with Crippen molar-refractivity contribution in [2.24, 2.45) is 0 Å². The number of anilines is 1. The van der Waals surface area contributed by atoms with E-state index in [9.17, 15) is 0 Å². The summed E-state index contributed by atoms with van der Waals surface area (Å²) in [7, 11) is 0. The van der Waals surface area contributed by atoms with E-state index < -0.39 is 0 Å². The van der Waals surface area contributed by atoms with Crippen LogP contribution in [0.3, 0.4) is 0 Å². The minimum Gasteiger partial charge on any atom is -0.439 e. The number of nitrogens with zero attached hydrogens (tertiary/aromatic N) is 4. The topological polar surface area (TPSA) is 41.5 Å². The fraction of sp³-hybridized carbons (Fsp3) is 0.238. The van der Waals surface area contributed by atoms with E-state index in [0.717, 1.165) is 43.6 Å². The Morgan fingerprint density at radius 2 is 1.64 bits per heavy atom. The largest absolute Gasteiger partial charge is 0.439 e. The molecule has 0 N–H and O–H groups in total. The molecule has 2 aromatic carbocycles. The van der Waals surface area contributed by atoms with Gasteiger partial charge < -0.3 is 9.64 Å². The van der Waals surface area contributed by atoms with Crippen LogP contribution in [0.4, 0.5) is 5.82 Å². The van der Waals surface area contributed by atoms with Crippen LogP contribution in [0.15, 0.2) is 60.9 Å². The first-order valence-electron chi connectivity index (χ1n) is 9.13. The third-order valence-electron chi connectivity index (χ3n) is 4.66. The number of piperazine rings is 1. The molecule has 2 heterocycles. The fourth-order valence-corrected chi connectivity index (χ4v) is 3.55. The number of ether oxygens (including phenoxy) is 1. The van der Waals surface area contributed by atoms with Gasteiger partial charge in [-0.05, 0) is 42.0 Å². The molecule has 0 amide bonds. The molecule has 7 heteroatoms. The van der Waals surface area contributed by atoms with Crippen molar-refractivity contribution >= 4 is 29.0 Å². The second kappa shape index (κ2) is 8.78. The first-order valence-corrected chi connectivity index (χ1v) is 9.88. The monoisotopic (exact) mass is 414 g/mol. The van der Waals surface area contributed by atoms with Crippen LogP contribution in [-0.2, 0) is 6.54 Å². The summed E-state index contributed by atoms with van der Waals surface area (Å²) in [6, 6.07) is 17.1. The van der Waals surface area contributed by atoms with Crippen molar-refractivity contribution in [1.29, 1.82) is 0 Å². The molecule has 0 bridgehead atoms. The Hall–Kier alpha value is -2.34. The van der Waals surface area contributed by atoms with Gasteiger partial charge in [0.1, 0.15) is 17.9 Å². The summed E-state index contributed by atoms with van der Waals surface area (Å²) >= 11 is 12.0. The summed E-state index contributed by atoms with van der Waals surface area (Å²) in [6.45, 7) is 4.63. The Morgan fingerprint density at radius 3 is 2.39 bits per heavy atom. The lowest BCUT2D eigenvalue weighted by atomic mass is 10.2. The van der Waals surface area contributed by atoms with Crippen LogP contribution >= 0.6 is 23.2 Å². The van der Waals surface area contributed by atoms with Crippen molar-refractivity contribution in [3.63, 3.8) is 0 Å². The maximum Gasteiger partial charge on any atom is 0.224 e. The standard InChI is InChI=1S/C21H20Cl2N4O/c22-17-4-6-19(7-5-17)28-21-13-20(24-15-25-21)27-10-8-26(9-11-27)14-16-2-1-3-18(23)12-16/h1-7,12-13,15H,8-11,14H2. The zero-order chi connectivity index (χ0) is 19.3. The SMILES string of the molecule is Clc1ccc(Oc2cc(N3CCN(Cc4cccc(Cl)c4)CC3)ncn2)cc1. The van der Waals surface area contributed by atoms with Gasteiger partial charge in [-0.15, -0.1) is 0 Å². The zero-order valence-electron chi connectivity index (χ0n) is 15.3. The number of aromatic nitrogens is 2. The minimum absolute atomic E-state index is 0.522. The highest BCUT2D eigenvalue weighted by Crippen LogP contribution is 2.24. The number of hydrogen-bond donors (Lipinski definition) is 0. The molecule has 28 heavy (non-hydrogen) atoms. The van der Waals surface area contributed by atoms with E-state index in [1.807, 2.05) is 36.4 Å². The Morgan fingerprint density at radius 1 is 0.857 bits per heavy atom. The molecule has 0 saturated carbocycles. The van der Waals surface area contributed by atoms with Crippen LogP contribution in [0.5, 0.6) is 11.6 Å². The molecule has 4 rings (SSSR count). The number of benzene rings is 2. The van der Waals surface area contributed by atoms with E-state index in [1.165, 1.54) is 5.56 Å². The molecule has 1 saturated heterocycles. The van der Waals surface area contributed by atoms with Gasteiger partial charge in [0.2, 0.25) is 5.88 Å². The Labute approximate surface area is 174 Å². The van der Waals surface area contributed by atoms with Gasteiger partial charge in [-0.1, -0.05) is 35.3 Å². The Kier molecular flexibility index (Phi) is 5.95. The van der Waals surface area contributed by atoms with Crippen molar-refractivity contribution in [2.45, 2.75) is 6.54 Å². The summed E-state index contributed by atoms with van der Waals surface area (Å²) in [5.41, 5.74) is 1.24. The van der Waals surface area contributed by atoms with Crippen molar-refractivity contribution in [3.05, 3.63) is 76.5 Å². The van der Waals surface area contributed by atoms with Gasteiger partial charge in [0, 0.05) is 48.8 Å². The zero-order valence-corrected chi connectivity index (χ0v) is 16.8. The Bertz CT molecular complexity index is 928. The van der Waals surface area contributed by atoms with Gasteiger partial charge in [0.25, 0.3) is 0 Å². The van der Waals surface area contributed by atoms with Crippen molar-refractivity contribution < 1.29 is 4.74 Å². The van der Waals surface area contributed by atoms with Crippen molar-refractivity contribution in [2.75, 3.05) is 31.1 Å². The lowest BCUT2D eigenvalue weighted by molar-refractivity contribution is 0.249. The van der Waals surface area contributed by atoms with E-state index in [0.29, 0.717) is 16.7 Å². The van der Waals surface area contributed by atoms with Gasteiger partial charge in [-0.3, -0.25) is 4.90 Å². The molecule has 1 fully saturated rings. The maximum absolute atomic E-state index is 6.09. The normalized spacial score (nSPS) is 14.9. The molecular formula is C21H20Cl2N4O. The van der Waals surface area contributed by atoms with E-state index in [1.54, 1.807) is 18.5 Å². The van der Waals surface area contributed by atoms with Crippen LogP contribution in [0.25, 0.3) is 0 Å². The molecule has 1 aliphatic rings. The van der Waals surface area contributed by atoms with Gasteiger partial charge >= 0.3 is 0 Å². The number of hydrogen-bond acceptors (Lipinski definition) is 5. The lowest BCUT2D eigenvalue weighted by Gasteiger charge is -2.35. The average Bonchev–Trinajstić information content (AvgIpc) is 2.71. The molecule has 0 unspecified atom stereocenters. The predicted molar refractivity (Wildman–Crippen MR) is 113 cm³/mol. The highest BCUT2D eigenvalue weighted by atomic mass is 35.5. The molecule has 0 radical (unpaired) electrons. The molecule has 144 valence electrons. The third kappa shape index (κ3) is 4.93. The lowest BCUT2D eigenvalue weighted by Crippen LogP contribution is -2.46.